The lowest BCUT2D eigenvalue weighted by Crippen LogP contribution is -2.25. The Morgan fingerprint density at radius 3 is 2.79 bits per heavy atom. The summed E-state index contributed by atoms with van der Waals surface area (Å²) < 4.78 is 10.7. The van der Waals surface area contributed by atoms with Crippen molar-refractivity contribution in [1.82, 2.24) is 5.32 Å². The van der Waals surface area contributed by atoms with Gasteiger partial charge in [-0.25, -0.2) is 0 Å². The maximum absolute atomic E-state index is 5.47. The molecular formula is C16H27NO2. The highest BCUT2D eigenvalue weighted by Crippen LogP contribution is 2.17. The number of rotatable bonds is 10. The number of ether oxygens (including phenoxy) is 2. The Morgan fingerprint density at radius 2 is 2.11 bits per heavy atom. The third-order valence-electron chi connectivity index (χ3n) is 3.22. The van der Waals surface area contributed by atoms with Gasteiger partial charge in [0.1, 0.15) is 5.75 Å². The van der Waals surface area contributed by atoms with Gasteiger partial charge in [-0.2, -0.15) is 0 Å². The summed E-state index contributed by atoms with van der Waals surface area (Å²) in [5.74, 6) is 1.54. The van der Waals surface area contributed by atoms with Gasteiger partial charge in [-0.1, -0.05) is 19.1 Å². The van der Waals surface area contributed by atoms with Gasteiger partial charge >= 0.3 is 0 Å². The highest BCUT2D eigenvalue weighted by molar-refractivity contribution is 5.28. The molecule has 0 radical (unpaired) electrons. The van der Waals surface area contributed by atoms with Gasteiger partial charge in [0.25, 0.3) is 0 Å². The topological polar surface area (TPSA) is 30.5 Å². The fraction of sp³-hybridized carbons (Fsp3) is 0.625. The van der Waals surface area contributed by atoms with E-state index in [2.05, 4.69) is 30.4 Å². The molecule has 1 atom stereocenters. The fourth-order valence-electron chi connectivity index (χ4n) is 2.15. The Kier molecular flexibility index (Phi) is 8.26. The second kappa shape index (κ2) is 9.82. The first-order valence-electron chi connectivity index (χ1n) is 7.21. The Labute approximate surface area is 117 Å². The minimum atomic E-state index is 0.610. The molecule has 3 heteroatoms. The molecule has 0 heterocycles. The van der Waals surface area contributed by atoms with Gasteiger partial charge in [-0.05, 0) is 56.5 Å². The summed E-state index contributed by atoms with van der Waals surface area (Å²) in [7, 11) is 1.71. The van der Waals surface area contributed by atoms with Crippen LogP contribution in [0, 0.1) is 5.92 Å². The molecule has 1 aromatic carbocycles. The molecule has 3 nitrogen and oxygen atoms in total. The molecule has 0 fully saturated rings. The minimum absolute atomic E-state index is 0.610. The van der Waals surface area contributed by atoms with E-state index in [0.29, 0.717) is 5.92 Å². The first-order valence-corrected chi connectivity index (χ1v) is 7.21. The number of hydrogen-bond donors (Lipinski definition) is 1. The van der Waals surface area contributed by atoms with E-state index in [1.807, 2.05) is 13.0 Å². The molecule has 0 saturated carbocycles. The standard InChI is InChI=1S/C16H27NO2/c1-4-17-13-15(9-10-19-5-2)11-14-7-6-8-16(12-14)18-3/h6-8,12,15,17H,4-5,9-11,13H2,1-3H3. The molecule has 0 aromatic heterocycles. The van der Waals surface area contributed by atoms with Crippen molar-refractivity contribution < 1.29 is 9.47 Å². The van der Waals surface area contributed by atoms with E-state index in [1.54, 1.807) is 7.11 Å². The van der Waals surface area contributed by atoms with Crippen molar-refractivity contribution in [2.45, 2.75) is 26.7 Å². The van der Waals surface area contributed by atoms with Crippen molar-refractivity contribution in [3.05, 3.63) is 29.8 Å². The molecule has 1 N–H and O–H groups in total. The van der Waals surface area contributed by atoms with Crippen LogP contribution in [0.5, 0.6) is 5.75 Å². The van der Waals surface area contributed by atoms with Crippen LogP contribution in [-0.2, 0) is 11.2 Å². The minimum Gasteiger partial charge on any atom is -0.497 e. The van der Waals surface area contributed by atoms with Crippen LogP contribution in [0.4, 0.5) is 0 Å². The molecule has 0 aliphatic carbocycles. The van der Waals surface area contributed by atoms with Crippen molar-refractivity contribution in [2.75, 3.05) is 33.4 Å². The van der Waals surface area contributed by atoms with E-state index in [4.69, 9.17) is 9.47 Å². The van der Waals surface area contributed by atoms with Crippen molar-refractivity contribution in [3.8, 4) is 5.75 Å². The SMILES string of the molecule is CCNCC(CCOCC)Cc1cccc(OC)c1. The molecule has 19 heavy (non-hydrogen) atoms. The summed E-state index contributed by atoms with van der Waals surface area (Å²) in [6, 6.07) is 8.34. The smallest absolute Gasteiger partial charge is 0.119 e. The van der Waals surface area contributed by atoms with Crippen LogP contribution in [0.15, 0.2) is 24.3 Å². The lowest BCUT2D eigenvalue weighted by Gasteiger charge is -2.17. The first kappa shape index (κ1) is 16.0. The van der Waals surface area contributed by atoms with E-state index >= 15 is 0 Å². The second-order valence-electron chi connectivity index (χ2n) is 4.71. The first-order chi connectivity index (χ1) is 9.30. The second-order valence-corrected chi connectivity index (χ2v) is 4.71. The van der Waals surface area contributed by atoms with Crippen LogP contribution < -0.4 is 10.1 Å². The van der Waals surface area contributed by atoms with Crippen LogP contribution >= 0.6 is 0 Å². The Morgan fingerprint density at radius 1 is 1.26 bits per heavy atom. The fourth-order valence-corrected chi connectivity index (χ4v) is 2.15. The van der Waals surface area contributed by atoms with Gasteiger partial charge in [-0.15, -0.1) is 0 Å². The number of methoxy groups -OCH3 is 1. The molecule has 0 aliphatic rings. The van der Waals surface area contributed by atoms with Gasteiger partial charge in [0.2, 0.25) is 0 Å². The molecule has 0 aliphatic heterocycles. The van der Waals surface area contributed by atoms with Crippen LogP contribution in [0.3, 0.4) is 0 Å². The maximum Gasteiger partial charge on any atom is 0.119 e. The maximum atomic E-state index is 5.47. The van der Waals surface area contributed by atoms with Gasteiger partial charge in [0, 0.05) is 13.2 Å². The van der Waals surface area contributed by atoms with Crippen LogP contribution in [0.2, 0.25) is 0 Å². The lowest BCUT2D eigenvalue weighted by molar-refractivity contribution is 0.131. The van der Waals surface area contributed by atoms with E-state index < -0.39 is 0 Å². The van der Waals surface area contributed by atoms with Gasteiger partial charge in [0.15, 0.2) is 0 Å². The lowest BCUT2D eigenvalue weighted by atomic mass is 9.96. The zero-order valence-corrected chi connectivity index (χ0v) is 12.4. The summed E-state index contributed by atoms with van der Waals surface area (Å²) in [6.07, 6.45) is 2.16. The van der Waals surface area contributed by atoms with Crippen LogP contribution in [-0.4, -0.2) is 33.4 Å². The molecule has 1 unspecified atom stereocenters. The third-order valence-corrected chi connectivity index (χ3v) is 3.22. The number of hydrogen-bond acceptors (Lipinski definition) is 3. The van der Waals surface area contributed by atoms with E-state index in [9.17, 15) is 0 Å². The number of nitrogens with one attached hydrogen (secondary N) is 1. The average Bonchev–Trinajstić information content (AvgIpc) is 2.45. The zero-order valence-electron chi connectivity index (χ0n) is 12.4. The third kappa shape index (κ3) is 6.60. The Balaban J connectivity index is 2.53. The highest BCUT2D eigenvalue weighted by atomic mass is 16.5. The molecule has 0 saturated heterocycles. The van der Waals surface area contributed by atoms with Gasteiger partial charge in [-0.3, -0.25) is 0 Å². The van der Waals surface area contributed by atoms with Gasteiger partial charge < -0.3 is 14.8 Å². The Hall–Kier alpha value is -1.06. The Bertz CT molecular complexity index is 341. The van der Waals surface area contributed by atoms with E-state index in [-0.39, 0.29) is 0 Å². The predicted octanol–water partition coefficient (Wildman–Crippen LogP) is 2.89. The molecule has 1 aromatic rings. The van der Waals surface area contributed by atoms with Crippen molar-refractivity contribution >= 4 is 0 Å². The van der Waals surface area contributed by atoms with E-state index in [0.717, 1.165) is 44.9 Å². The zero-order chi connectivity index (χ0) is 13.9. The summed E-state index contributed by atoms with van der Waals surface area (Å²) in [5, 5.41) is 3.44. The molecule has 108 valence electrons. The summed E-state index contributed by atoms with van der Waals surface area (Å²) in [4.78, 5) is 0. The quantitative estimate of drug-likeness (QED) is 0.660. The summed E-state index contributed by atoms with van der Waals surface area (Å²) >= 11 is 0. The molecule has 0 amide bonds. The summed E-state index contributed by atoms with van der Waals surface area (Å²) in [6.45, 7) is 7.89. The molecular weight excluding hydrogens is 238 g/mol. The normalized spacial score (nSPS) is 12.4. The average molecular weight is 265 g/mol. The van der Waals surface area contributed by atoms with Crippen LogP contribution in [0.1, 0.15) is 25.8 Å². The van der Waals surface area contributed by atoms with Crippen molar-refractivity contribution in [1.29, 1.82) is 0 Å². The monoisotopic (exact) mass is 265 g/mol. The molecule has 0 spiro atoms. The van der Waals surface area contributed by atoms with E-state index in [1.165, 1.54) is 5.56 Å². The van der Waals surface area contributed by atoms with Gasteiger partial charge in [0.05, 0.1) is 7.11 Å². The number of benzene rings is 1. The summed E-state index contributed by atoms with van der Waals surface area (Å²) in [5.41, 5.74) is 1.33. The largest absolute Gasteiger partial charge is 0.497 e. The highest BCUT2D eigenvalue weighted by Gasteiger charge is 2.10. The molecule has 1 rings (SSSR count). The molecule has 0 bridgehead atoms. The van der Waals surface area contributed by atoms with Crippen LogP contribution in [0.25, 0.3) is 0 Å². The predicted molar refractivity (Wildman–Crippen MR) is 79.8 cm³/mol. The van der Waals surface area contributed by atoms with Crippen molar-refractivity contribution in [3.63, 3.8) is 0 Å². The van der Waals surface area contributed by atoms with Crippen molar-refractivity contribution in [2.24, 2.45) is 5.92 Å².